The van der Waals surface area contributed by atoms with Gasteiger partial charge in [-0.05, 0) is 27.3 Å². The van der Waals surface area contributed by atoms with Gasteiger partial charge in [-0.2, -0.15) is 0 Å². The Morgan fingerprint density at radius 3 is 2.75 bits per heavy atom. The molecule has 0 saturated carbocycles. The first-order valence-electron chi connectivity index (χ1n) is 5.40. The van der Waals surface area contributed by atoms with Crippen LogP contribution in [0.1, 0.15) is 31.0 Å². The van der Waals surface area contributed by atoms with Crippen LogP contribution in [0.3, 0.4) is 0 Å². The number of carbonyl (C=O) groups is 1. The van der Waals surface area contributed by atoms with Gasteiger partial charge < -0.3 is 10.6 Å². The highest BCUT2D eigenvalue weighted by Gasteiger charge is 2.29. The molecule has 0 aromatic carbocycles. The molecule has 0 aliphatic rings. The second-order valence-electron chi connectivity index (χ2n) is 4.06. The fraction of sp³-hybridized carbons (Fsp3) is 0.636. The molecule has 5 heteroatoms. The van der Waals surface area contributed by atoms with E-state index in [2.05, 4.69) is 22.5 Å². The molecule has 1 unspecified atom stereocenters. The topological polar surface area (TPSA) is 54.0 Å². The Labute approximate surface area is 100 Å². The van der Waals surface area contributed by atoms with Gasteiger partial charge in [0.2, 0.25) is 5.91 Å². The Kier molecular flexibility index (Phi) is 4.44. The molecule has 0 spiro atoms. The van der Waals surface area contributed by atoms with Crippen LogP contribution in [0.2, 0.25) is 0 Å². The Morgan fingerprint density at radius 2 is 2.31 bits per heavy atom. The molecule has 1 amide bonds. The Bertz CT molecular complexity index is 364. The van der Waals surface area contributed by atoms with Crippen molar-refractivity contribution in [2.24, 2.45) is 0 Å². The number of aromatic nitrogens is 1. The predicted octanol–water partition coefficient (Wildman–Crippen LogP) is 1.41. The molecule has 90 valence electrons. The molecular formula is C11H19N3OS. The number of aryl methyl sites for hydroxylation is 1. The van der Waals surface area contributed by atoms with E-state index in [9.17, 15) is 4.79 Å². The molecule has 0 saturated heterocycles. The van der Waals surface area contributed by atoms with Crippen molar-refractivity contribution in [2.75, 3.05) is 13.6 Å². The number of thiazole rings is 1. The zero-order valence-electron chi connectivity index (χ0n) is 10.3. The predicted molar refractivity (Wildman–Crippen MR) is 66.6 cm³/mol. The van der Waals surface area contributed by atoms with Crippen LogP contribution in [0.15, 0.2) is 5.38 Å². The quantitative estimate of drug-likeness (QED) is 0.819. The molecule has 16 heavy (non-hydrogen) atoms. The molecular weight excluding hydrogens is 222 g/mol. The van der Waals surface area contributed by atoms with Gasteiger partial charge in [0.25, 0.3) is 0 Å². The van der Waals surface area contributed by atoms with Crippen molar-refractivity contribution >= 4 is 17.2 Å². The second-order valence-corrected chi connectivity index (χ2v) is 4.92. The van der Waals surface area contributed by atoms with E-state index in [4.69, 9.17) is 0 Å². The highest BCUT2D eigenvalue weighted by molar-refractivity contribution is 7.09. The van der Waals surface area contributed by atoms with E-state index >= 15 is 0 Å². The first-order valence-corrected chi connectivity index (χ1v) is 6.28. The number of hydrogen-bond acceptors (Lipinski definition) is 4. The van der Waals surface area contributed by atoms with Crippen LogP contribution < -0.4 is 10.6 Å². The Hall–Kier alpha value is -0.940. The van der Waals surface area contributed by atoms with E-state index in [1.807, 2.05) is 19.2 Å². The maximum atomic E-state index is 11.6. The SMILES string of the molecule is CCC(C)(NC(=O)CNC)c1nc(C)cs1. The monoisotopic (exact) mass is 241 g/mol. The van der Waals surface area contributed by atoms with E-state index in [0.29, 0.717) is 6.54 Å². The van der Waals surface area contributed by atoms with Gasteiger partial charge in [0.15, 0.2) is 0 Å². The van der Waals surface area contributed by atoms with Crippen LogP contribution in [0.25, 0.3) is 0 Å². The standard InChI is InChI=1S/C11H19N3OS/c1-5-11(3,14-9(15)6-12-4)10-13-8(2)7-16-10/h7,12H,5-6H2,1-4H3,(H,14,15). The van der Waals surface area contributed by atoms with Crippen molar-refractivity contribution in [1.82, 2.24) is 15.6 Å². The molecule has 0 aliphatic heterocycles. The maximum absolute atomic E-state index is 11.6. The van der Waals surface area contributed by atoms with Crippen molar-refractivity contribution in [3.05, 3.63) is 16.1 Å². The van der Waals surface area contributed by atoms with E-state index in [1.54, 1.807) is 18.4 Å². The summed E-state index contributed by atoms with van der Waals surface area (Å²) in [4.78, 5) is 16.1. The van der Waals surface area contributed by atoms with Crippen LogP contribution in [0.4, 0.5) is 0 Å². The normalized spacial score (nSPS) is 14.5. The first-order chi connectivity index (χ1) is 7.51. The summed E-state index contributed by atoms with van der Waals surface area (Å²) in [5, 5.41) is 8.84. The van der Waals surface area contributed by atoms with E-state index < -0.39 is 0 Å². The maximum Gasteiger partial charge on any atom is 0.234 e. The lowest BCUT2D eigenvalue weighted by Crippen LogP contribution is -2.46. The molecule has 0 aliphatic carbocycles. The molecule has 2 N–H and O–H groups in total. The summed E-state index contributed by atoms with van der Waals surface area (Å²) in [6.45, 7) is 6.36. The lowest BCUT2D eigenvalue weighted by atomic mass is 10.00. The zero-order valence-corrected chi connectivity index (χ0v) is 11.1. The fourth-order valence-corrected chi connectivity index (χ4v) is 2.40. The number of carbonyl (C=O) groups excluding carboxylic acids is 1. The average Bonchev–Trinajstić information content (AvgIpc) is 2.65. The minimum absolute atomic E-state index is 0.000275. The van der Waals surface area contributed by atoms with Gasteiger partial charge in [0.1, 0.15) is 5.01 Å². The van der Waals surface area contributed by atoms with Crippen molar-refractivity contribution < 1.29 is 4.79 Å². The third-order valence-electron chi connectivity index (χ3n) is 2.55. The summed E-state index contributed by atoms with van der Waals surface area (Å²) >= 11 is 1.59. The van der Waals surface area contributed by atoms with Crippen molar-refractivity contribution in [2.45, 2.75) is 32.7 Å². The molecule has 1 atom stereocenters. The van der Waals surface area contributed by atoms with E-state index in [0.717, 1.165) is 17.1 Å². The van der Waals surface area contributed by atoms with Crippen molar-refractivity contribution in [3.8, 4) is 0 Å². The molecule has 1 heterocycles. The van der Waals surface area contributed by atoms with Crippen molar-refractivity contribution in [1.29, 1.82) is 0 Å². The summed E-state index contributed by atoms with van der Waals surface area (Å²) in [5.41, 5.74) is 0.648. The molecule has 0 radical (unpaired) electrons. The van der Waals surface area contributed by atoms with Gasteiger partial charge >= 0.3 is 0 Å². The van der Waals surface area contributed by atoms with Crippen LogP contribution in [-0.4, -0.2) is 24.5 Å². The zero-order chi connectivity index (χ0) is 12.2. The van der Waals surface area contributed by atoms with Crippen LogP contribution in [-0.2, 0) is 10.3 Å². The van der Waals surface area contributed by atoms with Gasteiger partial charge in [-0.15, -0.1) is 11.3 Å². The van der Waals surface area contributed by atoms with Gasteiger partial charge in [0.05, 0.1) is 12.1 Å². The third kappa shape index (κ3) is 3.02. The second kappa shape index (κ2) is 5.41. The number of amides is 1. The van der Waals surface area contributed by atoms with Gasteiger partial charge in [-0.25, -0.2) is 4.98 Å². The Balaban J connectivity index is 2.81. The van der Waals surface area contributed by atoms with Crippen LogP contribution in [0, 0.1) is 6.92 Å². The number of nitrogens with zero attached hydrogens (tertiary/aromatic N) is 1. The smallest absolute Gasteiger partial charge is 0.234 e. The first kappa shape index (κ1) is 13.1. The molecule has 4 nitrogen and oxygen atoms in total. The number of hydrogen-bond donors (Lipinski definition) is 2. The van der Waals surface area contributed by atoms with Crippen LogP contribution >= 0.6 is 11.3 Å². The largest absolute Gasteiger partial charge is 0.343 e. The van der Waals surface area contributed by atoms with E-state index in [-0.39, 0.29) is 11.4 Å². The minimum Gasteiger partial charge on any atom is -0.343 e. The molecule has 0 bridgehead atoms. The fourth-order valence-electron chi connectivity index (χ4n) is 1.41. The number of nitrogens with one attached hydrogen (secondary N) is 2. The lowest BCUT2D eigenvalue weighted by Gasteiger charge is -2.27. The van der Waals surface area contributed by atoms with Crippen LogP contribution in [0.5, 0.6) is 0 Å². The van der Waals surface area contributed by atoms with Gasteiger partial charge in [-0.3, -0.25) is 4.79 Å². The third-order valence-corrected chi connectivity index (χ3v) is 3.77. The molecule has 1 aromatic rings. The number of rotatable bonds is 5. The highest BCUT2D eigenvalue weighted by Crippen LogP contribution is 2.27. The van der Waals surface area contributed by atoms with Crippen molar-refractivity contribution in [3.63, 3.8) is 0 Å². The van der Waals surface area contributed by atoms with Gasteiger partial charge in [-0.1, -0.05) is 6.92 Å². The van der Waals surface area contributed by atoms with Gasteiger partial charge in [0, 0.05) is 11.1 Å². The van der Waals surface area contributed by atoms with E-state index in [1.165, 1.54) is 0 Å². The summed E-state index contributed by atoms with van der Waals surface area (Å²) in [6.07, 6.45) is 0.829. The summed E-state index contributed by atoms with van der Waals surface area (Å²) in [5.74, 6) is -0.000275. The molecule has 0 fully saturated rings. The molecule has 1 aromatic heterocycles. The summed E-state index contributed by atoms with van der Waals surface area (Å²) < 4.78 is 0. The number of likely N-dealkylation sites (N-methyl/N-ethyl adjacent to an activating group) is 1. The Morgan fingerprint density at radius 1 is 1.62 bits per heavy atom. The summed E-state index contributed by atoms with van der Waals surface area (Å²) in [6, 6.07) is 0. The summed E-state index contributed by atoms with van der Waals surface area (Å²) in [7, 11) is 1.76. The highest BCUT2D eigenvalue weighted by atomic mass is 32.1. The lowest BCUT2D eigenvalue weighted by molar-refractivity contribution is -0.122. The average molecular weight is 241 g/mol. The minimum atomic E-state index is -0.354. The molecule has 1 rings (SSSR count).